The van der Waals surface area contributed by atoms with Crippen molar-refractivity contribution in [1.29, 1.82) is 0 Å². The van der Waals surface area contributed by atoms with Crippen molar-refractivity contribution in [3.8, 4) is 0 Å². The SMILES string of the molecule is CC1CC1c1ccc(CNCCN(C)C)o1. The van der Waals surface area contributed by atoms with Gasteiger partial charge in [0.2, 0.25) is 0 Å². The molecule has 2 atom stereocenters. The van der Waals surface area contributed by atoms with Gasteiger partial charge in [-0.2, -0.15) is 0 Å². The topological polar surface area (TPSA) is 28.4 Å². The van der Waals surface area contributed by atoms with Crippen LogP contribution in [0.25, 0.3) is 0 Å². The molecule has 1 N–H and O–H groups in total. The molecule has 3 heteroatoms. The van der Waals surface area contributed by atoms with Gasteiger partial charge in [0.25, 0.3) is 0 Å². The molecule has 2 rings (SSSR count). The smallest absolute Gasteiger partial charge is 0.117 e. The van der Waals surface area contributed by atoms with Crippen LogP contribution in [0.4, 0.5) is 0 Å². The summed E-state index contributed by atoms with van der Waals surface area (Å²) in [5.74, 6) is 3.75. The molecule has 3 nitrogen and oxygen atoms in total. The summed E-state index contributed by atoms with van der Waals surface area (Å²) in [5, 5.41) is 3.38. The van der Waals surface area contributed by atoms with Crippen molar-refractivity contribution in [2.45, 2.75) is 25.8 Å². The molecule has 2 unspecified atom stereocenters. The Kier molecular flexibility index (Phi) is 3.66. The standard InChI is InChI=1S/C13H22N2O/c1-10-8-12(10)13-5-4-11(16-13)9-14-6-7-15(2)3/h4-5,10,12,14H,6-9H2,1-3H3. The molecule has 0 aromatic carbocycles. The van der Waals surface area contributed by atoms with Gasteiger partial charge in [-0.05, 0) is 38.6 Å². The van der Waals surface area contributed by atoms with E-state index in [1.165, 1.54) is 12.2 Å². The molecule has 1 saturated carbocycles. The average Bonchev–Trinajstić information content (AvgIpc) is 2.79. The Labute approximate surface area is 97.8 Å². The zero-order valence-corrected chi connectivity index (χ0v) is 10.5. The third kappa shape index (κ3) is 3.09. The first kappa shape index (κ1) is 11.7. The largest absolute Gasteiger partial charge is 0.464 e. The Morgan fingerprint density at radius 1 is 1.44 bits per heavy atom. The lowest BCUT2D eigenvalue weighted by Crippen LogP contribution is -2.26. The second kappa shape index (κ2) is 5.02. The molecule has 1 aliphatic rings. The molecule has 1 aromatic rings. The maximum absolute atomic E-state index is 5.81. The van der Waals surface area contributed by atoms with E-state index >= 15 is 0 Å². The molecule has 0 spiro atoms. The van der Waals surface area contributed by atoms with Crippen molar-refractivity contribution in [2.75, 3.05) is 27.2 Å². The van der Waals surface area contributed by atoms with Gasteiger partial charge in [0, 0.05) is 19.0 Å². The van der Waals surface area contributed by atoms with Crippen LogP contribution < -0.4 is 5.32 Å². The molecule has 0 amide bonds. The highest BCUT2D eigenvalue weighted by atomic mass is 16.3. The van der Waals surface area contributed by atoms with Gasteiger partial charge in [-0.1, -0.05) is 6.92 Å². The van der Waals surface area contributed by atoms with E-state index in [-0.39, 0.29) is 0 Å². The van der Waals surface area contributed by atoms with Crippen molar-refractivity contribution in [3.63, 3.8) is 0 Å². The van der Waals surface area contributed by atoms with E-state index in [4.69, 9.17) is 4.42 Å². The fourth-order valence-electron chi connectivity index (χ4n) is 1.92. The Bertz CT molecular complexity index is 332. The van der Waals surface area contributed by atoms with Gasteiger partial charge in [-0.15, -0.1) is 0 Å². The number of rotatable bonds is 6. The molecular formula is C13H22N2O. The maximum atomic E-state index is 5.81. The lowest BCUT2D eigenvalue weighted by molar-refractivity contribution is 0.388. The van der Waals surface area contributed by atoms with E-state index in [0.29, 0.717) is 5.92 Å². The lowest BCUT2D eigenvalue weighted by Gasteiger charge is -2.09. The van der Waals surface area contributed by atoms with Crippen LogP contribution in [0.2, 0.25) is 0 Å². The minimum absolute atomic E-state index is 0.690. The zero-order valence-electron chi connectivity index (χ0n) is 10.5. The van der Waals surface area contributed by atoms with Crippen LogP contribution in [-0.4, -0.2) is 32.1 Å². The summed E-state index contributed by atoms with van der Waals surface area (Å²) in [6, 6.07) is 4.24. The summed E-state index contributed by atoms with van der Waals surface area (Å²) in [6.45, 7) is 5.19. The number of likely N-dealkylation sites (N-methyl/N-ethyl adjacent to an activating group) is 1. The van der Waals surface area contributed by atoms with E-state index < -0.39 is 0 Å². The van der Waals surface area contributed by atoms with Crippen LogP contribution >= 0.6 is 0 Å². The summed E-state index contributed by atoms with van der Waals surface area (Å²) in [5.41, 5.74) is 0. The first-order valence-corrected chi connectivity index (χ1v) is 6.11. The predicted octanol–water partition coefficient (Wildman–Crippen LogP) is 2.05. The number of nitrogens with zero attached hydrogens (tertiary/aromatic N) is 1. The van der Waals surface area contributed by atoms with E-state index in [0.717, 1.165) is 31.3 Å². The fraction of sp³-hybridized carbons (Fsp3) is 0.692. The van der Waals surface area contributed by atoms with Crippen molar-refractivity contribution in [1.82, 2.24) is 10.2 Å². The number of hydrogen-bond donors (Lipinski definition) is 1. The Balaban J connectivity index is 1.71. The molecule has 0 radical (unpaired) electrons. The monoisotopic (exact) mass is 222 g/mol. The van der Waals surface area contributed by atoms with Crippen molar-refractivity contribution in [3.05, 3.63) is 23.7 Å². The average molecular weight is 222 g/mol. The van der Waals surface area contributed by atoms with Gasteiger partial charge in [0.1, 0.15) is 11.5 Å². The van der Waals surface area contributed by atoms with Crippen molar-refractivity contribution >= 4 is 0 Å². The fourth-order valence-corrected chi connectivity index (χ4v) is 1.92. The van der Waals surface area contributed by atoms with Gasteiger partial charge in [0.15, 0.2) is 0 Å². The minimum atomic E-state index is 0.690. The Hall–Kier alpha value is -0.800. The molecule has 0 saturated heterocycles. The molecule has 1 aromatic heterocycles. The van der Waals surface area contributed by atoms with Crippen molar-refractivity contribution in [2.24, 2.45) is 5.92 Å². The van der Waals surface area contributed by atoms with Crippen LogP contribution in [-0.2, 0) is 6.54 Å². The van der Waals surface area contributed by atoms with Gasteiger partial charge >= 0.3 is 0 Å². The summed E-state index contributed by atoms with van der Waals surface area (Å²) in [4.78, 5) is 2.17. The second-order valence-corrected chi connectivity index (χ2v) is 5.10. The maximum Gasteiger partial charge on any atom is 0.117 e. The minimum Gasteiger partial charge on any atom is -0.464 e. The molecule has 0 aliphatic heterocycles. The summed E-state index contributed by atoms with van der Waals surface area (Å²) in [6.07, 6.45) is 1.29. The normalized spacial score (nSPS) is 24.0. The van der Waals surface area contributed by atoms with Gasteiger partial charge in [0.05, 0.1) is 6.54 Å². The summed E-state index contributed by atoms with van der Waals surface area (Å²) >= 11 is 0. The van der Waals surface area contributed by atoms with E-state index in [9.17, 15) is 0 Å². The molecule has 90 valence electrons. The van der Waals surface area contributed by atoms with Crippen LogP contribution in [0.1, 0.15) is 30.8 Å². The van der Waals surface area contributed by atoms with Gasteiger partial charge < -0.3 is 14.6 Å². The van der Waals surface area contributed by atoms with E-state index in [2.05, 4.69) is 43.4 Å². The summed E-state index contributed by atoms with van der Waals surface area (Å²) in [7, 11) is 4.17. The Morgan fingerprint density at radius 2 is 2.19 bits per heavy atom. The third-order valence-electron chi connectivity index (χ3n) is 3.19. The van der Waals surface area contributed by atoms with Gasteiger partial charge in [-0.25, -0.2) is 0 Å². The lowest BCUT2D eigenvalue weighted by atomic mass is 10.3. The Morgan fingerprint density at radius 3 is 2.81 bits per heavy atom. The molecule has 1 heterocycles. The quantitative estimate of drug-likeness (QED) is 0.747. The molecular weight excluding hydrogens is 200 g/mol. The highest BCUT2D eigenvalue weighted by Crippen LogP contribution is 2.47. The zero-order chi connectivity index (χ0) is 11.5. The van der Waals surface area contributed by atoms with Crippen LogP contribution in [0, 0.1) is 5.92 Å². The van der Waals surface area contributed by atoms with Crippen LogP contribution in [0.3, 0.4) is 0 Å². The number of nitrogens with one attached hydrogen (secondary N) is 1. The van der Waals surface area contributed by atoms with Crippen LogP contribution in [0.5, 0.6) is 0 Å². The first-order valence-electron chi connectivity index (χ1n) is 6.11. The first-order chi connectivity index (χ1) is 7.66. The number of furan rings is 1. The molecule has 16 heavy (non-hydrogen) atoms. The predicted molar refractivity (Wildman–Crippen MR) is 65.5 cm³/mol. The van der Waals surface area contributed by atoms with Crippen LogP contribution in [0.15, 0.2) is 16.5 Å². The van der Waals surface area contributed by atoms with Crippen molar-refractivity contribution < 1.29 is 4.42 Å². The van der Waals surface area contributed by atoms with Gasteiger partial charge in [-0.3, -0.25) is 0 Å². The second-order valence-electron chi connectivity index (χ2n) is 5.10. The molecule has 1 fully saturated rings. The highest BCUT2D eigenvalue weighted by molar-refractivity contribution is 5.17. The molecule has 1 aliphatic carbocycles. The molecule has 0 bridgehead atoms. The number of hydrogen-bond acceptors (Lipinski definition) is 3. The van der Waals surface area contributed by atoms with E-state index in [1.54, 1.807) is 0 Å². The summed E-state index contributed by atoms with van der Waals surface area (Å²) < 4.78 is 5.81. The third-order valence-corrected chi connectivity index (χ3v) is 3.19. The highest BCUT2D eigenvalue weighted by Gasteiger charge is 2.36. The van der Waals surface area contributed by atoms with E-state index in [1.807, 2.05) is 0 Å².